The summed E-state index contributed by atoms with van der Waals surface area (Å²) >= 11 is 12.1. The van der Waals surface area contributed by atoms with Crippen LogP contribution in [0.1, 0.15) is 39.5 Å². The number of hydrogen-bond donors (Lipinski definition) is 0. The Hall–Kier alpha value is -1.50. The largest absolute Gasteiger partial charge is 0.492 e. The summed E-state index contributed by atoms with van der Waals surface area (Å²) in [6.45, 7) is 6.96. The third-order valence-corrected chi connectivity index (χ3v) is 6.44. The van der Waals surface area contributed by atoms with Crippen LogP contribution in [0, 0.1) is 5.92 Å². The van der Waals surface area contributed by atoms with Gasteiger partial charge in [0.2, 0.25) is 11.8 Å². The Labute approximate surface area is 188 Å². The summed E-state index contributed by atoms with van der Waals surface area (Å²) in [6, 6.07) is 5.24. The fourth-order valence-corrected chi connectivity index (χ4v) is 4.50. The van der Waals surface area contributed by atoms with Gasteiger partial charge < -0.3 is 19.3 Å². The van der Waals surface area contributed by atoms with Crippen LogP contribution in [0.4, 0.5) is 0 Å². The van der Waals surface area contributed by atoms with Crippen LogP contribution in [0.5, 0.6) is 5.75 Å². The molecule has 2 unspecified atom stereocenters. The second kappa shape index (κ2) is 10.7. The van der Waals surface area contributed by atoms with Gasteiger partial charge in [0.05, 0.1) is 23.8 Å². The van der Waals surface area contributed by atoms with Crippen LogP contribution in [0.2, 0.25) is 10.0 Å². The van der Waals surface area contributed by atoms with Crippen LogP contribution in [-0.2, 0) is 14.3 Å². The summed E-state index contributed by atoms with van der Waals surface area (Å²) in [7, 11) is 0. The number of rotatable bonds is 6. The third kappa shape index (κ3) is 6.02. The minimum atomic E-state index is -0.000135. The summed E-state index contributed by atoms with van der Waals surface area (Å²) in [4.78, 5) is 29.1. The van der Waals surface area contributed by atoms with E-state index < -0.39 is 0 Å². The zero-order valence-corrected chi connectivity index (χ0v) is 19.1. The number of nitrogens with zero attached hydrogens (tertiary/aromatic N) is 2. The summed E-state index contributed by atoms with van der Waals surface area (Å²) in [5.41, 5.74) is 0. The zero-order chi connectivity index (χ0) is 21.7. The van der Waals surface area contributed by atoms with Crippen molar-refractivity contribution >= 4 is 35.0 Å². The van der Waals surface area contributed by atoms with Gasteiger partial charge in [0.25, 0.3) is 0 Å². The van der Waals surface area contributed by atoms with Gasteiger partial charge in [0, 0.05) is 38.5 Å². The first-order chi connectivity index (χ1) is 14.3. The van der Waals surface area contributed by atoms with Crippen LogP contribution < -0.4 is 4.74 Å². The van der Waals surface area contributed by atoms with Gasteiger partial charge in [-0.25, -0.2) is 0 Å². The smallest absolute Gasteiger partial charge is 0.225 e. The molecule has 2 fully saturated rings. The molecule has 166 valence electrons. The number of likely N-dealkylation sites (tertiary alicyclic amines) is 1. The highest BCUT2D eigenvalue weighted by Gasteiger charge is 2.33. The van der Waals surface area contributed by atoms with E-state index in [0.717, 1.165) is 12.8 Å². The SMILES string of the molecule is CC1CN(C(=O)C2CCN(C(=O)CCCOc3cccc(Cl)c3Cl)CC2)CC(C)O1. The molecule has 1 aromatic rings. The summed E-state index contributed by atoms with van der Waals surface area (Å²) < 4.78 is 11.4. The van der Waals surface area contributed by atoms with E-state index in [1.165, 1.54) is 0 Å². The molecule has 2 amide bonds. The molecule has 0 N–H and O–H groups in total. The van der Waals surface area contributed by atoms with Gasteiger partial charge in [-0.3, -0.25) is 9.59 Å². The van der Waals surface area contributed by atoms with Crippen LogP contribution in [0.25, 0.3) is 0 Å². The van der Waals surface area contributed by atoms with Crippen molar-refractivity contribution in [2.75, 3.05) is 32.8 Å². The standard InChI is InChI=1S/C22H30Cl2N2O4/c1-15-13-26(14-16(2)30-15)22(28)17-8-10-25(11-9-17)20(27)7-4-12-29-19-6-3-5-18(23)21(19)24/h3,5-6,15-17H,4,7-14H2,1-2H3. The van der Waals surface area contributed by atoms with Crippen LogP contribution in [0.3, 0.4) is 0 Å². The predicted molar refractivity (Wildman–Crippen MR) is 117 cm³/mol. The molecule has 0 radical (unpaired) electrons. The Morgan fingerprint density at radius 3 is 2.43 bits per heavy atom. The highest BCUT2D eigenvalue weighted by atomic mass is 35.5. The molecule has 2 aliphatic rings. The van der Waals surface area contributed by atoms with Gasteiger partial charge in [-0.2, -0.15) is 0 Å². The molecular weight excluding hydrogens is 427 g/mol. The first-order valence-corrected chi connectivity index (χ1v) is 11.4. The quantitative estimate of drug-likeness (QED) is 0.606. The minimum absolute atomic E-state index is 0.000135. The van der Waals surface area contributed by atoms with Crippen molar-refractivity contribution in [3.8, 4) is 5.75 Å². The lowest BCUT2D eigenvalue weighted by molar-refractivity contribution is -0.150. The Morgan fingerprint density at radius 2 is 1.77 bits per heavy atom. The predicted octanol–water partition coefficient (Wildman–Crippen LogP) is 4.03. The average molecular weight is 457 g/mol. The second-order valence-electron chi connectivity index (χ2n) is 8.16. The molecule has 30 heavy (non-hydrogen) atoms. The number of carbonyl (C=O) groups excluding carboxylic acids is 2. The molecule has 2 saturated heterocycles. The lowest BCUT2D eigenvalue weighted by Gasteiger charge is -2.39. The van der Waals surface area contributed by atoms with Gasteiger partial charge >= 0.3 is 0 Å². The number of hydrogen-bond acceptors (Lipinski definition) is 4. The highest BCUT2D eigenvalue weighted by molar-refractivity contribution is 6.42. The number of amides is 2. The van der Waals surface area contributed by atoms with Crippen LogP contribution in [0.15, 0.2) is 18.2 Å². The van der Waals surface area contributed by atoms with Crippen molar-refractivity contribution < 1.29 is 19.1 Å². The topological polar surface area (TPSA) is 59.1 Å². The number of morpholine rings is 1. The molecule has 6 nitrogen and oxygen atoms in total. The fraction of sp³-hybridized carbons (Fsp3) is 0.636. The lowest BCUT2D eigenvalue weighted by Crippen LogP contribution is -2.51. The number of halogens is 2. The van der Waals surface area contributed by atoms with Gasteiger partial charge in [-0.05, 0) is 45.2 Å². The monoisotopic (exact) mass is 456 g/mol. The fourth-order valence-electron chi connectivity index (χ4n) is 4.15. The van der Waals surface area contributed by atoms with E-state index in [9.17, 15) is 9.59 Å². The van der Waals surface area contributed by atoms with Crippen molar-refractivity contribution in [3.05, 3.63) is 28.2 Å². The van der Waals surface area contributed by atoms with E-state index in [2.05, 4.69) is 0 Å². The molecule has 0 saturated carbocycles. The molecule has 3 rings (SSSR count). The van der Waals surface area contributed by atoms with Crippen LogP contribution in [-0.4, -0.2) is 66.6 Å². The van der Waals surface area contributed by atoms with E-state index in [4.69, 9.17) is 32.7 Å². The first-order valence-electron chi connectivity index (χ1n) is 10.6. The molecule has 8 heteroatoms. The van der Waals surface area contributed by atoms with E-state index in [1.54, 1.807) is 18.2 Å². The van der Waals surface area contributed by atoms with Crippen molar-refractivity contribution in [3.63, 3.8) is 0 Å². The number of benzene rings is 1. The zero-order valence-electron chi connectivity index (χ0n) is 17.6. The van der Waals surface area contributed by atoms with E-state index in [1.807, 2.05) is 23.6 Å². The molecule has 2 aliphatic heterocycles. The van der Waals surface area contributed by atoms with Gasteiger partial charge in [-0.15, -0.1) is 0 Å². The summed E-state index contributed by atoms with van der Waals surface area (Å²) in [5.74, 6) is 0.841. The summed E-state index contributed by atoms with van der Waals surface area (Å²) in [5, 5.41) is 0.838. The molecular formula is C22H30Cl2N2O4. The molecule has 0 bridgehead atoms. The van der Waals surface area contributed by atoms with E-state index >= 15 is 0 Å². The second-order valence-corrected chi connectivity index (χ2v) is 8.94. The Morgan fingerprint density at radius 1 is 1.10 bits per heavy atom. The highest BCUT2D eigenvalue weighted by Crippen LogP contribution is 2.31. The molecule has 1 aromatic carbocycles. The Balaban J connectivity index is 1.37. The minimum Gasteiger partial charge on any atom is -0.492 e. The van der Waals surface area contributed by atoms with Gasteiger partial charge in [0.1, 0.15) is 10.8 Å². The molecule has 2 atom stereocenters. The van der Waals surface area contributed by atoms with Crippen LogP contribution >= 0.6 is 23.2 Å². The van der Waals surface area contributed by atoms with Gasteiger partial charge in [0.15, 0.2) is 0 Å². The number of carbonyl (C=O) groups is 2. The van der Waals surface area contributed by atoms with E-state index in [0.29, 0.717) is 61.4 Å². The molecule has 2 heterocycles. The van der Waals surface area contributed by atoms with Crippen molar-refractivity contribution in [2.24, 2.45) is 5.92 Å². The first kappa shape index (κ1) is 23.2. The average Bonchev–Trinajstić information content (AvgIpc) is 2.72. The van der Waals surface area contributed by atoms with E-state index in [-0.39, 0.29) is 29.9 Å². The van der Waals surface area contributed by atoms with Gasteiger partial charge in [-0.1, -0.05) is 29.3 Å². The summed E-state index contributed by atoms with van der Waals surface area (Å²) in [6.07, 6.45) is 2.60. The maximum atomic E-state index is 12.8. The normalized spacial score (nSPS) is 22.8. The van der Waals surface area contributed by atoms with Crippen molar-refractivity contribution in [1.29, 1.82) is 0 Å². The van der Waals surface area contributed by atoms with Crippen molar-refractivity contribution in [1.82, 2.24) is 9.80 Å². The molecule has 0 spiro atoms. The number of ether oxygens (including phenoxy) is 2. The Kier molecular flexibility index (Phi) is 8.26. The maximum absolute atomic E-state index is 12.8. The maximum Gasteiger partial charge on any atom is 0.225 e. The number of piperidine rings is 1. The molecule has 0 aliphatic carbocycles. The third-order valence-electron chi connectivity index (χ3n) is 5.64. The molecule has 0 aromatic heterocycles. The lowest BCUT2D eigenvalue weighted by atomic mass is 9.94. The van der Waals surface area contributed by atoms with Crippen molar-refractivity contribution in [2.45, 2.75) is 51.7 Å². The Bertz CT molecular complexity index is 743.